The summed E-state index contributed by atoms with van der Waals surface area (Å²) >= 11 is 0. The lowest BCUT2D eigenvalue weighted by atomic mass is 10.2. The van der Waals surface area contributed by atoms with Crippen LogP contribution in [0.15, 0.2) is 31.0 Å². The van der Waals surface area contributed by atoms with E-state index in [2.05, 4.69) is 39.3 Å². The van der Waals surface area contributed by atoms with Gasteiger partial charge >= 0.3 is 0 Å². The van der Waals surface area contributed by atoms with Crippen LogP contribution in [0.5, 0.6) is 0 Å². The zero-order valence-corrected chi connectivity index (χ0v) is 11.2. The highest BCUT2D eigenvalue weighted by Gasteiger charge is 2.25. The number of rotatable bonds is 3. The van der Waals surface area contributed by atoms with Crippen LogP contribution < -0.4 is 5.32 Å². The minimum atomic E-state index is 0.499. The normalized spacial score (nSPS) is 23.7. The van der Waals surface area contributed by atoms with Crippen LogP contribution in [-0.4, -0.2) is 50.3 Å². The number of nitrogens with one attached hydrogen (secondary N) is 1. The van der Waals surface area contributed by atoms with Crippen molar-refractivity contribution >= 4 is 5.69 Å². The standard InChI is InChI=1S/C13H18N6/c1-10-5-12(7-18(10)2)17-11-3-4-13(15-6-11)19-9-14-8-16-19/h3-4,6,8-10,12,17H,5,7H2,1-2H3. The van der Waals surface area contributed by atoms with E-state index in [0.717, 1.165) is 18.1 Å². The Labute approximate surface area is 112 Å². The van der Waals surface area contributed by atoms with Crippen LogP contribution >= 0.6 is 0 Å². The predicted molar refractivity (Wildman–Crippen MR) is 73.3 cm³/mol. The Morgan fingerprint density at radius 2 is 2.26 bits per heavy atom. The summed E-state index contributed by atoms with van der Waals surface area (Å²) < 4.78 is 1.65. The summed E-state index contributed by atoms with van der Waals surface area (Å²) in [5.41, 5.74) is 1.05. The van der Waals surface area contributed by atoms with Gasteiger partial charge in [0.1, 0.15) is 12.7 Å². The summed E-state index contributed by atoms with van der Waals surface area (Å²) in [6.07, 6.45) is 6.16. The van der Waals surface area contributed by atoms with Gasteiger partial charge in [0, 0.05) is 18.6 Å². The van der Waals surface area contributed by atoms with Crippen molar-refractivity contribution in [3.05, 3.63) is 31.0 Å². The maximum atomic E-state index is 4.39. The van der Waals surface area contributed by atoms with Gasteiger partial charge in [-0.15, -0.1) is 0 Å². The lowest BCUT2D eigenvalue weighted by Gasteiger charge is -2.14. The fourth-order valence-corrected chi connectivity index (χ4v) is 2.47. The first-order valence-corrected chi connectivity index (χ1v) is 6.50. The molecule has 0 radical (unpaired) electrons. The topological polar surface area (TPSA) is 58.9 Å². The van der Waals surface area contributed by atoms with Crippen molar-refractivity contribution in [1.29, 1.82) is 0 Å². The second kappa shape index (κ2) is 4.97. The lowest BCUT2D eigenvalue weighted by Crippen LogP contribution is -2.24. The SMILES string of the molecule is CC1CC(Nc2ccc(-n3cncn3)nc2)CN1C. The first-order valence-electron chi connectivity index (χ1n) is 6.50. The lowest BCUT2D eigenvalue weighted by molar-refractivity contribution is 0.330. The molecule has 1 aliphatic rings. The van der Waals surface area contributed by atoms with Crippen LogP contribution in [0, 0.1) is 0 Å². The van der Waals surface area contributed by atoms with Crippen LogP contribution in [0.4, 0.5) is 5.69 Å². The fourth-order valence-electron chi connectivity index (χ4n) is 2.47. The van der Waals surface area contributed by atoms with Crippen molar-refractivity contribution in [2.45, 2.75) is 25.4 Å². The van der Waals surface area contributed by atoms with Crippen LogP contribution in [0.2, 0.25) is 0 Å². The van der Waals surface area contributed by atoms with Gasteiger partial charge in [0.05, 0.1) is 11.9 Å². The van der Waals surface area contributed by atoms with E-state index in [9.17, 15) is 0 Å². The summed E-state index contributed by atoms with van der Waals surface area (Å²) in [4.78, 5) is 10.7. The first-order chi connectivity index (χ1) is 9.22. The third-order valence-corrected chi connectivity index (χ3v) is 3.66. The van der Waals surface area contributed by atoms with Crippen LogP contribution in [-0.2, 0) is 0 Å². The Hall–Kier alpha value is -1.95. The molecule has 1 N–H and O–H groups in total. The molecule has 6 nitrogen and oxygen atoms in total. The molecule has 1 aliphatic heterocycles. The van der Waals surface area contributed by atoms with Gasteiger partial charge in [0.25, 0.3) is 0 Å². The molecular weight excluding hydrogens is 240 g/mol. The van der Waals surface area contributed by atoms with Gasteiger partial charge in [-0.3, -0.25) is 0 Å². The Morgan fingerprint density at radius 3 is 2.84 bits per heavy atom. The van der Waals surface area contributed by atoms with Gasteiger partial charge in [-0.1, -0.05) is 0 Å². The summed E-state index contributed by atoms with van der Waals surface area (Å²) in [6.45, 7) is 3.33. The number of likely N-dealkylation sites (tertiary alicyclic amines) is 1. The molecule has 0 aromatic carbocycles. The average molecular weight is 258 g/mol. The molecule has 0 amide bonds. The number of hydrogen-bond acceptors (Lipinski definition) is 5. The highest BCUT2D eigenvalue weighted by molar-refractivity contribution is 5.44. The molecule has 19 heavy (non-hydrogen) atoms. The molecular formula is C13H18N6. The van der Waals surface area contributed by atoms with Crippen molar-refractivity contribution in [1.82, 2.24) is 24.6 Å². The van der Waals surface area contributed by atoms with Gasteiger partial charge in [-0.2, -0.15) is 5.10 Å². The Morgan fingerprint density at radius 1 is 1.37 bits per heavy atom. The highest BCUT2D eigenvalue weighted by Crippen LogP contribution is 2.19. The van der Waals surface area contributed by atoms with E-state index in [1.165, 1.54) is 12.7 Å². The second-order valence-electron chi connectivity index (χ2n) is 5.11. The molecule has 100 valence electrons. The maximum Gasteiger partial charge on any atom is 0.155 e. The van der Waals surface area contributed by atoms with Crippen molar-refractivity contribution in [2.24, 2.45) is 0 Å². The zero-order chi connectivity index (χ0) is 13.2. The number of pyridine rings is 1. The Bertz CT molecular complexity index is 511. The van der Waals surface area contributed by atoms with E-state index in [1.807, 2.05) is 18.3 Å². The van der Waals surface area contributed by atoms with E-state index in [4.69, 9.17) is 0 Å². The van der Waals surface area contributed by atoms with E-state index >= 15 is 0 Å². The van der Waals surface area contributed by atoms with E-state index < -0.39 is 0 Å². The van der Waals surface area contributed by atoms with Gasteiger partial charge in [0.15, 0.2) is 5.82 Å². The van der Waals surface area contributed by atoms with E-state index in [1.54, 1.807) is 11.0 Å². The Kier molecular flexibility index (Phi) is 3.16. The molecule has 2 aromatic rings. The third kappa shape index (κ3) is 2.58. The largest absolute Gasteiger partial charge is 0.380 e. The quantitative estimate of drug-likeness (QED) is 0.895. The zero-order valence-electron chi connectivity index (χ0n) is 11.2. The molecule has 1 fully saturated rings. The van der Waals surface area contributed by atoms with Crippen molar-refractivity contribution in [3.8, 4) is 5.82 Å². The number of likely N-dealkylation sites (N-methyl/N-ethyl adjacent to an activating group) is 1. The van der Waals surface area contributed by atoms with Crippen molar-refractivity contribution < 1.29 is 0 Å². The maximum absolute atomic E-state index is 4.39. The van der Waals surface area contributed by atoms with Gasteiger partial charge in [-0.05, 0) is 32.5 Å². The minimum Gasteiger partial charge on any atom is -0.380 e. The van der Waals surface area contributed by atoms with Crippen molar-refractivity contribution in [3.63, 3.8) is 0 Å². The molecule has 1 saturated heterocycles. The monoisotopic (exact) mass is 258 g/mol. The average Bonchev–Trinajstić information content (AvgIpc) is 3.02. The predicted octanol–water partition coefficient (Wildman–Crippen LogP) is 1.17. The van der Waals surface area contributed by atoms with E-state index in [0.29, 0.717) is 12.1 Å². The first kappa shape index (κ1) is 12.1. The summed E-state index contributed by atoms with van der Waals surface area (Å²) in [7, 11) is 2.17. The summed E-state index contributed by atoms with van der Waals surface area (Å²) in [5, 5.41) is 7.58. The molecule has 0 aliphatic carbocycles. The number of anilines is 1. The van der Waals surface area contributed by atoms with Crippen LogP contribution in [0.1, 0.15) is 13.3 Å². The minimum absolute atomic E-state index is 0.499. The number of nitrogens with zero attached hydrogens (tertiary/aromatic N) is 5. The molecule has 0 spiro atoms. The molecule has 0 bridgehead atoms. The van der Waals surface area contributed by atoms with Gasteiger partial charge < -0.3 is 10.2 Å². The van der Waals surface area contributed by atoms with Crippen LogP contribution in [0.25, 0.3) is 5.82 Å². The van der Waals surface area contributed by atoms with Gasteiger partial charge in [0.2, 0.25) is 0 Å². The molecule has 3 rings (SSSR count). The summed E-state index contributed by atoms with van der Waals surface area (Å²) in [6, 6.07) is 5.12. The van der Waals surface area contributed by atoms with E-state index in [-0.39, 0.29) is 0 Å². The molecule has 2 unspecified atom stereocenters. The highest BCUT2D eigenvalue weighted by atomic mass is 15.3. The smallest absolute Gasteiger partial charge is 0.155 e. The molecule has 2 atom stereocenters. The Balaban J connectivity index is 1.67. The molecule has 2 aromatic heterocycles. The fraction of sp³-hybridized carbons (Fsp3) is 0.462. The van der Waals surface area contributed by atoms with Crippen LogP contribution in [0.3, 0.4) is 0 Å². The van der Waals surface area contributed by atoms with Gasteiger partial charge in [-0.25, -0.2) is 14.6 Å². The summed E-state index contributed by atoms with van der Waals surface area (Å²) in [5.74, 6) is 0.778. The van der Waals surface area contributed by atoms with Crippen molar-refractivity contribution in [2.75, 3.05) is 18.9 Å². The second-order valence-corrected chi connectivity index (χ2v) is 5.11. The number of aromatic nitrogens is 4. The molecule has 6 heteroatoms. The number of hydrogen-bond donors (Lipinski definition) is 1. The third-order valence-electron chi connectivity index (χ3n) is 3.66. The molecule has 0 saturated carbocycles. The molecule has 3 heterocycles.